The number of rotatable bonds is 49. The van der Waals surface area contributed by atoms with E-state index in [0.29, 0.717) is 6.42 Å². The predicted molar refractivity (Wildman–Crippen MR) is 252 cm³/mol. The number of phosphoric ester groups is 1. The van der Waals surface area contributed by atoms with Crippen molar-refractivity contribution in [2.24, 2.45) is 5.73 Å². The summed E-state index contributed by atoms with van der Waals surface area (Å²) in [5.74, 6) is -0.814. The standard InChI is InChI=1S/C50H98NO8P/c1-3-5-7-9-11-13-15-17-19-21-22-23-24-25-27-28-30-32-34-36-38-40-42-49(52)56-46-48(47-58-60(54,55)57-45-44-51)59-50(53)43-41-39-37-35-33-31-29-26-20-18-16-14-12-10-8-6-4-2/h14,16,48H,3-13,15,17-47,51H2,1-2H3,(H,54,55)/b16-14+/t48-/m1/s1. The first-order valence-corrected chi connectivity index (χ1v) is 27.2. The molecule has 0 fully saturated rings. The minimum absolute atomic E-state index is 0.0562. The highest BCUT2D eigenvalue weighted by Gasteiger charge is 2.26. The second-order valence-electron chi connectivity index (χ2n) is 17.4. The summed E-state index contributed by atoms with van der Waals surface area (Å²) in [5.41, 5.74) is 5.37. The van der Waals surface area contributed by atoms with Crippen molar-refractivity contribution >= 4 is 19.8 Å². The van der Waals surface area contributed by atoms with Crippen LogP contribution < -0.4 is 5.73 Å². The van der Waals surface area contributed by atoms with Gasteiger partial charge in [-0.05, 0) is 38.5 Å². The molecule has 0 rings (SSSR count). The van der Waals surface area contributed by atoms with E-state index in [1.807, 2.05) is 0 Å². The molecule has 10 heteroatoms. The topological polar surface area (TPSA) is 134 Å². The average Bonchev–Trinajstić information content (AvgIpc) is 3.24. The van der Waals surface area contributed by atoms with Gasteiger partial charge in [0.15, 0.2) is 6.10 Å². The Balaban J connectivity index is 3.99. The molecule has 60 heavy (non-hydrogen) atoms. The molecule has 9 nitrogen and oxygen atoms in total. The van der Waals surface area contributed by atoms with E-state index >= 15 is 0 Å². The molecule has 0 spiro atoms. The molecule has 0 aromatic rings. The average molecular weight is 872 g/mol. The van der Waals surface area contributed by atoms with Crippen LogP contribution in [0.5, 0.6) is 0 Å². The zero-order chi connectivity index (χ0) is 43.9. The normalized spacial score (nSPS) is 13.2. The summed E-state index contributed by atoms with van der Waals surface area (Å²) in [7, 11) is -4.38. The molecule has 2 atom stereocenters. The molecular weight excluding hydrogens is 774 g/mol. The predicted octanol–water partition coefficient (Wildman–Crippen LogP) is 15.3. The minimum Gasteiger partial charge on any atom is -0.462 e. The van der Waals surface area contributed by atoms with E-state index in [1.165, 1.54) is 193 Å². The van der Waals surface area contributed by atoms with Crippen molar-refractivity contribution in [3.05, 3.63) is 12.2 Å². The van der Waals surface area contributed by atoms with Crippen LogP contribution in [0.3, 0.4) is 0 Å². The van der Waals surface area contributed by atoms with Crippen LogP contribution in [-0.2, 0) is 32.7 Å². The molecule has 3 N–H and O–H groups in total. The van der Waals surface area contributed by atoms with Gasteiger partial charge in [0, 0.05) is 19.4 Å². The number of ether oxygens (including phenoxy) is 2. The second-order valence-corrected chi connectivity index (χ2v) is 18.9. The summed E-state index contributed by atoms with van der Waals surface area (Å²) >= 11 is 0. The molecule has 0 radical (unpaired) electrons. The summed E-state index contributed by atoms with van der Waals surface area (Å²) in [6.45, 7) is 3.78. The Bertz CT molecular complexity index is 995. The Morgan fingerprint density at radius 2 is 0.817 bits per heavy atom. The lowest BCUT2D eigenvalue weighted by atomic mass is 10.0. The van der Waals surface area contributed by atoms with E-state index in [0.717, 1.165) is 38.5 Å². The molecule has 0 heterocycles. The summed E-state index contributed by atoms with van der Waals surface area (Å²) in [6, 6.07) is 0. The molecule has 1 unspecified atom stereocenters. The van der Waals surface area contributed by atoms with Crippen molar-refractivity contribution in [3.63, 3.8) is 0 Å². The lowest BCUT2D eigenvalue weighted by molar-refractivity contribution is -0.161. The molecule has 0 aliphatic rings. The van der Waals surface area contributed by atoms with Gasteiger partial charge in [0.2, 0.25) is 0 Å². The van der Waals surface area contributed by atoms with E-state index in [4.69, 9.17) is 24.3 Å². The van der Waals surface area contributed by atoms with Gasteiger partial charge < -0.3 is 20.1 Å². The Morgan fingerprint density at radius 3 is 1.20 bits per heavy atom. The van der Waals surface area contributed by atoms with Crippen molar-refractivity contribution in [1.29, 1.82) is 0 Å². The van der Waals surface area contributed by atoms with Crippen molar-refractivity contribution in [2.45, 2.75) is 270 Å². The molecular formula is C50H98NO8P. The molecule has 0 saturated carbocycles. The largest absolute Gasteiger partial charge is 0.472 e. The minimum atomic E-state index is -4.38. The van der Waals surface area contributed by atoms with Gasteiger partial charge >= 0.3 is 19.8 Å². The maximum atomic E-state index is 12.6. The van der Waals surface area contributed by atoms with E-state index < -0.39 is 26.5 Å². The third-order valence-corrected chi connectivity index (χ3v) is 12.4. The monoisotopic (exact) mass is 872 g/mol. The van der Waals surface area contributed by atoms with Crippen molar-refractivity contribution in [2.75, 3.05) is 26.4 Å². The van der Waals surface area contributed by atoms with E-state index in [9.17, 15) is 19.0 Å². The van der Waals surface area contributed by atoms with Gasteiger partial charge in [-0.2, -0.15) is 0 Å². The quantitative estimate of drug-likeness (QED) is 0.0265. The zero-order valence-corrected chi connectivity index (χ0v) is 40.4. The molecule has 0 saturated heterocycles. The number of esters is 2. The molecule has 0 aliphatic heterocycles. The van der Waals surface area contributed by atoms with E-state index in [1.54, 1.807) is 0 Å². The lowest BCUT2D eigenvalue weighted by Crippen LogP contribution is -2.29. The van der Waals surface area contributed by atoms with Gasteiger partial charge in [-0.1, -0.05) is 225 Å². The number of phosphoric acid groups is 1. The maximum absolute atomic E-state index is 12.6. The van der Waals surface area contributed by atoms with Crippen LogP contribution in [-0.4, -0.2) is 49.3 Å². The van der Waals surface area contributed by atoms with Crippen LogP contribution in [0.1, 0.15) is 264 Å². The summed E-state index contributed by atoms with van der Waals surface area (Å²) in [5, 5.41) is 0. The Hall–Kier alpha value is -1.25. The Kier molecular flexibility index (Phi) is 46.3. The molecule has 0 aromatic carbocycles. The summed E-state index contributed by atoms with van der Waals surface area (Å²) < 4.78 is 32.9. The number of carbonyl (C=O) groups is 2. The third-order valence-electron chi connectivity index (χ3n) is 11.4. The zero-order valence-electron chi connectivity index (χ0n) is 39.5. The molecule has 0 amide bonds. The van der Waals surface area contributed by atoms with Crippen LogP contribution in [0.2, 0.25) is 0 Å². The number of hydrogen-bond acceptors (Lipinski definition) is 8. The van der Waals surface area contributed by atoms with Gasteiger partial charge in [0.25, 0.3) is 0 Å². The number of nitrogens with two attached hydrogens (primary N) is 1. The number of hydrogen-bond donors (Lipinski definition) is 2. The smallest absolute Gasteiger partial charge is 0.462 e. The third kappa shape index (κ3) is 46.3. The van der Waals surface area contributed by atoms with Crippen LogP contribution in [0.4, 0.5) is 0 Å². The number of unbranched alkanes of at least 4 members (excludes halogenated alkanes) is 34. The number of carbonyl (C=O) groups excluding carboxylic acids is 2. The fourth-order valence-corrected chi connectivity index (χ4v) is 8.34. The first kappa shape index (κ1) is 58.8. The van der Waals surface area contributed by atoms with Crippen LogP contribution in [0.15, 0.2) is 12.2 Å². The molecule has 0 bridgehead atoms. The lowest BCUT2D eigenvalue weighted by Gasteiger charge is -2.19. The van der Waals surface area contributed by atoms with Crippen LogP contribution in [0, 0.1) is 0 Å². The van der Waals surface area contributed by atoms with Gasteiger partial charge in [0.1, 0.15) is 6.61 Å². The summed E-state index contributed by atoms with van der Waals surface area (Å²) in [6.07, 6.45) is 51.1. The van der Waals surface area contributed by atoms with Crippen molar-refractivity contribution in [1.82, 2.24) is 0 Å². The highest BCUT2D eigenvalue weighted by Crippen LogP contribution is 2.43. The molecule has 356 valence electrons. The SMILES string of the molecule is CCCCCC/C=C/CCCCCCCCCCCC(=O)O[C@H](COC(=O)CCCCCCCCCCCCCCCCCCCCCCCC)COP(=O)(O)OCCN. The fourth-order valence-electron chi connectivity index (χ4n) is 7.57. The van der Waals surface area contributed by atoms with Gasteiger partial charge in [-0.15, -0.1) is 0 Å². The van der Waals surface area contributed by atoms with E-state index in [-0.39, 0.29) is 38.6 Å². The van der Waals surface area contributed by atoms with Crippen LogP contribution >= 0.6 is 7.82 Å². The fraction of sp³-hybridized carbons (Fsp3) is 0.920. The van der Waals surface area contributed by atoms with Gasteiger partial charge in [0.05, 0.1) is 13.2 Å². The Labute approximate surface area is 370 Å². The van der Waals surface area contributed by atoms with E-state index in [2.05, 4.69) is 26.0 Å². The van der Waals surface area contributed by atoms with Crippen molar-refractivity contribution in [3.8, 4) is 0 Å². The summed E-state index contributed by atoms with van der Waals surface area (Å²) in [4.78, 5) is 35.0. The first-order chi connectivity index (χ1) is 29.3. The van der Waals surface area contributed by atoms with Gasteiger partial charge in [-0.25, -0.2) is 4.57 Å². The Morgan fingerprint density at radius 1 is 0.483 bits per heavy atom. The highest BCUT2D eigenvalue weighted by molar-refractivity contribution is 7.47. The second kappa shape index (κ2) is 47.2. The molecule has 0 aliphatic carbocycles. The molecule has 0 aromatic heterocycles. The van der Waals surface area contributed by atoms with Crippen molar-refractivity contribution < 1.29 is 37.6 Å². The maximum Gasteiger partial charge on any atom is 0.472 e. The van der Waals surface area contributed by atoms with Crippen LogP contribution in [0.25, 0.3) is 0 Å². The number of allylic oxidation sites excluding steroid dienone is 2. The van der Waals surface area contributed by atoms with Gasteiger partial charge in [-0.3, -0.25) is 18.6 Å². The first-order valence-electron chi connectivity index (χ1n) is 25.7. The highest BCUT2D eigenvalue weighted by atomic mass is 31.2.